The number of benzene rings is 1. The van der Waals surface area contributed by atoms with Gasteiger partial charge in [-0.05, 0) is 18.2 Å². The fraction of sp³-hybridized carbons (Fsp3) is 0.143. The Hall–Kier alpha value is -3.16. The highest BCUT2D eigenvalue weighted by atomic mass is 16.6. The maximum atomic E-state index is 12.1. The predicted octanol–water partition coefficient (Wildman–Crippen LogP) is 2.39. The minimum absolute atomic E-state index is 0.145. The maximum Gasteiger partial charge on any atom is 0.273 e. The molecule has 8 heteroatoms. The molecule has 1 aromatic heterocycles. The molecule has 0 fully saturated rings. The topological polar surface area (TPSA) is 114 Å². The van der Waals surface area contributed by atoms with E-state index in [-0.39, 0.29) is 28.6 Å². The summed E-state index contributed by atoms with van der Waals surface area (Å²) in [6.07, 6.45) is 0. The molecule has 0 saturated carbocycles. The van der Waals surface area contributed by atoms with Crippen LogP contribution in [0.2, 0.25) is 0 Å². The van der Waals surface area contributed by atoms with Crippen LogP contribution in [0.3, 0.4) is 0 Å². The van der Waals surface area contributed by atoms with Crippen LogP contribution in [0, 0.1) is 10.1 Å². The largest absolute Gasteiger partial charge is 0.494 e. The van der Waals surface area contributed by atoms with Crippen molar-refractivity contribution < 1.29 is 19.2 Å². The number of anilines is 1. The van der Waals surface area contributed by atoms with E-state index in [2.05, 4.69) is 10.3 Å². The first kappa shape index (κ1) is 15.2. The van der Waals surface area contributed by atoms with Gasteiger partial charge in [-0.1, -0.05) is 0 Å². The number of carbonyl (C=O) groups is 2. The van der Waals surface area contributed by atoms with E-state index >= 15 is 0 Å². The van der Waals surface area contributed by atoms with Crippen molar-refractivity contribution >= 4 is 23.1 Å². The lowest BCUT2D eigenvalue weighted by atomic mass is 10.2. The van der Waals surface area contributed by atoms with Crippen molar-refractivity contribution in [3.63, 3.8) is 0 Å². The number of nitro groups is 1. The van der Waals surface area contributed by atoms with Gasteiger partial charge in [-0.15, -0.1) is 0 Å². The molecule has 0 aliphatic rings. The number of ether oxygens (including phenoxy) is 1. The normalized spacial score (nSPS) is 10.1. The van der Waals surface area contributed by atoms with E-state index in [0.717, 1.165) is 0 Å². The standard InChI is InChI=1S/C14H13N3O5/c1-8(18)10-5-6-12(15-10)14(19)16-11-4-3-9(17(20)21)7-13(11)22-2/h3-7,15H,1-2H3,(H,16,19). The number of H-pyrrole nitrogens is 1. The minimum Gasteiger partial charge on any atom is -0.494 e. The van der Waals surface area contributed by atoms with Crippen LogP contribution in [0.15, 0.2) is 30.3 Å². The van der Waals surface area contributed by atoms with Gasteiger partial charge >= 0.3 is 0 Å². The van der Waals surface area contributed by atoms with Crippen molar-refractivity contribution in [1.82, 2.24) is 4.98 Å². The number of hydrogen-bond acceptors (Lipinski definition) is 5. The molecular formula is C14H13N3O5. The molecule has 2 aromatic rings. The Labute approximate surface area is 125 Å². The lowest BCUT2D eigenvalue weighted by Crippen LogP contribution is -2.13. The molecule has 2 N–H and O–H groups in total. The SMILES string of the molecule is COc1cc([N+](=O)[O-])ccc1NC(=O)c1ccc(C(C)=O)[nH]1. The second kappa shape index (κ2) is 6.08. The third-order valence-corrected chi connectivity index (χ3v) is 2.95. The third kappa shape index (κ3) is 3.11. The van der Waals surface area contributed by atoms with Crippen molar-refractivity contribution in [2.45, 2.75) is 6.92 Å². The molecule has 0 aliphatic heterocycles. The van der Waals surface area contributed by atoms with Gasteiger partial charge in [-0.3, -0.25) is 19.7 Å². The van der Waals surface area contributed by atoms with E-state index in [0.29, 0.717) is 5.69 Å². The van der Waals surface area contributed by atoms with E-state index in [1.165, 1.54) is 44.4 Å². The van der Waals surface area contributed by atoms with Crippen LogP contribution in [-0.4, -0.2) is 28.7 Å². The van der Waals surface area contributed by atoms with Crippen LogP contribution in [0.1, 0.15) is 27.9 Å². The van der Waals surface area contributed by atoms with Crippen LogP contribution in [-0.2, 0) is 0 Å². The molecule has 8 nitrogen and oxygen atoms in total. The van der Waals surface area contributed by atoms with Gasteiger partial charge in [0.15, 0.2) is 5.78 Å². The number of rotatable bonds is 5. The highest BCUT2D eigenvalue weighted by molar-refractivity contribution is 6.05. The van der Waals surface area contributed by atoms with Crippen molar-refractivity contribution in [2.24, 2.45) is 0 Å². The first-order chi connectivity index (χ1) is 10.4. The zero-order valence-electron chi connectivity index (χ0n) is 11.9. The Morgan fingerprint density at radius 3 is 2.45 bits per heavy atom. The predicted molar refractivity (Wildman–Crippen MR) is 78.4 cm³/mol. The molecule has 0 bridgehead atoms. The van der Waals surface area contributed by atoms with E-state index in [1.54, 1.807) is 0 Å². The van der Waals surface area contributed by atoms with Gasteiger partial charge in [0.25, 0.3) is 11.6 Å². The average molecular weight is 303 g/mol. The minimum atomic E-state index is -0.557. The first-order valence-corrected chi connectivity index (χ1v) is 6.26. The lowest BCUT2D eigenvalue weighted by molar-refractivity contribution is -0.384. The quantitative estimate of drug-likeness (QED) is 0.500. The van der Waals surface area contributed by atoms with Gasteiger partial charge < -0.3 is 15.0 Å². The number of nitro benzene ring substituents is 1. The number of nitrogens with zero attached hydrogens (tertiary/aromatic N) is 1. The number of carbonyl (C=O) groups excluding carboxylic acids is 2. The summed E-state index contributed by atoms with van der Waals surface area (Å²) < 4.78 is 5.03. The molecule has 1 aromatic carbocycles. The maximum absolute atomic E-state index is 12.1. The van der Waals surface area contributed by atoms with Crippen LogP contribution in [0.4, 0.5) is 11.4 Å². The summed E-state index contributed by atoms with van der Waals surface area (Å²) in [5, 5.41) is 13.3. The number of methoxy groups -OCH3 is 1. The van der Waals surface area contributed by atoms with Gasteiger partial charge in [0, 0.05) is 13.0 Å². The van der Waals surface area contributed by atoms with Crippen LogP contribution in [0.5, 0.6) is 5.75 Å². The molecule has 0 unspecified atom stereocenters. The summed E-state index contributed by atoms with van der Waals surface area (Å²) >= 11 is 0. The Bertz CT molecular complexity index is 751. The molecule has 0 spiro atoms. The molecule has 0 radical (unpaired) electrons. The van der Waals surface area contributed by atoms with Crippen molar-refractivity contribution in [1.29, 1.82) is 0 Å². The second-order valence-electron chi connectivity index (χ2n) is 4.44. The van der Waals surface area contributed by atoms with Crippen molar-refractivity contribution in [3.05, 3.63) is 51.8 Å². The number of aromatic amines is 1. The van der Waals surface area contributed by atoms with Crippen LogP contribution >= 0.6 is 0 Å². The van der Waals surface area contributed by atoms with Crippen LogP contribution in [0.25, 0.3) is 0 Å². The monoisotopic (exact) mass is 303 g/mol. The third-order valence-electron chi connectivity index (χ3n) is 2.95. The van der Waals surface area contributed by atoms with Crippen molar-refractivity contribution in [2.75, 3.05) is 12.4 Å². The van der Waals surface area contributed by atoms with Crippen molar-refractivity contribution in [3.8, 4) is 5.75 Å². The molecular weight excluding hydrogens is 290 g/mol. The summed E-state index contributed by atoms with van der Waals surface area (Å²) in [7, 11) is 1.34. The van der Waals surface area contributed by atoms with Gasteiger partial charge in [-0.2, -0.15) is 0 Å². The molecule has 114 valence electrons. The summed E-state index contributed by atoms with van der Waals surface area (Å²) in [5.74, 6) is -0.507. The number of hydrogen-bond donors (Lipinski definition) is 2. The van der Waals surface area contributed by atoms with Gasteiger partial charge in [0.1, 0.15) is 11.4 Å². The smallest absolute Gasteiger partial charge is 0.273 e. The van der Waals surface area contributed by atoms with Crippen LogP contribution < -0.4 is 10.1 Å². The van der Waals surface area contributed by atoms with E-state index in [9.17, 15) is 19.7 Å². The molecule has 1 heterocycles. The highest BCUT2D eigenvalue weighted by Crippen LogP contribution is 2.29. The molecule has 1 amide bonds. The number of aromatic nitrogens is 1. The highest BCUT2D eigenvalue weighted by Gasteiger charge is 2.15. The first-order valence-electron chi connectivity index (χ1n) is 6.26. The fourth-order valence-corrected chi connectivity index (χ4v) is 1.82. The number of Topliss-reactive ketones (excluding diaryl/α,β-unsaturated/α-hetero) is 1. The summed E-state index contributed by atoms with van der Waals surface area (Å²) in [4.78, 5) is 36.1. The molecule has 2 rings (SSSR count). The number of ketones is 1. The Morgan fingerprint density at radius 2 is 1.91 bits per heavy atom. The number of non-ortho nitro benzene ring substituents is 1. The number of amides is 1. The summed E-state index contributed by atoms with van der Waals surface area (Å²) in [5.41, 5.74) is 0.664. The molecule has 0 saturated heterocycles. The summed E-state index contributed by atoms with van der Waals surface area (Å²) in [6.45, 7) is 1.38. The Morgan fingerprint density at radius 1 is 1.23 bits per heavy atom. The second-order valence-corrected chi connectivity index (χ2v) is 4.44. The fourth-order valence-electron chi connectivity index (χ4n) is 1.82. The zero-order valence-corrected chi connectivity index (χ0v) is 11.9. The Kier molecular flexibility index (Phi) is 4.21. The average Bonchev–Trinajstić information content (AvgIpc) is 2.97. The molecule has 0 atom stereocenters. The number of nitrogens with one attached hydrogen (secondary N) is 2. The molecule has 0 aliphatic carbocycles. The van der Waals surface area contributed by atoms with Gasteiger partial charge in [-0.25, -0.2) is 0 Å². The molecule has 22 heavy (non-hydrogen) atoms. The summed E-state index contributed by atoms with van der Waals surface area (Å²) in [6, 6.07) is 6.83. The zero-order chi connectivity index (χ0) is 16.3. The Balaban J connectivity index is 2.23. The van der Waals surface area contributed by atoms with Gasteiger partial charge in [0.2, 0.25) is 0 Å². The van der Waals surface area contributed by atoms with E-state index in [4.69, 9.17) is 4.74 Å². The van der Waals surface area contributed by atoms with E-state index < -0.39 is 10.8 Å². The lowest BCUT2D eigenvalue weighted by Gasteiger charge is -2.09. The van der Waals surface area contributed by atoms with E-state index in [1.807, 2.05) is 0 Å². The van der Waals surface area contributed by atoms with Gasteiger partial charge in [0.05, 0.1) is 29.5 Å².